The van der Waals surface area contributed by atoms with Crippen LogP contribution in [0.15, 0.2) is 0 Å². The van der Waals surface area contributed by atoms with Gasteiger partial charge in [0.2, 0.25) is 17.7 Å². The van der Waals surface area contributed by atoms with Gasteiger partial charge in [-0.1, -0.05) is 0 Å². The molecule has 2 atom stereocenters. The second kappa shape index (κ2) is 10.00. The molecule has 21 heavy (non-hydrogen) atoms. The lowest BCUT2D eigenvalue weighted by Gasteiger charge is -2.20. The quantitative estimate of drug-likeness (QED) is 0.300. The summed E-state index contributed by atoms with van der Waals surface area (Å²) in [5.41, 5.74) is 10.1. The average molecular weight is 320 g/mol. The van der Waals surface area contributed by atoms with Crippen LogP contribution >= 0.6 is 11.8 Å². The fourth-order valence-corrected chi connectivity index (χ4v) is 1.90. The Bertz CT molecular complexity index is 404. The highest BCUT2D eigenvalue weighted by Gasteiger charge is 2.27. The molecular formula is C11H20N4O5S. The maximum absolute atomic E-state index is 12.0. The Morgan fingerprint density at radius 3 is 2.24 bits per heavy atom. The molecule has 0 heterocycles. The van der Waals surface area contributed by atoms with Crippen LogP contribution in [0.5, 0.6) is 0 Å². The first-order chi connectivity index (χ1) is 9.81. The molecule has 0 unspecified atom stereocenters. The molecule has 0 aromatic rings. The van der Waals surface area contributed by atoms with Gasteiger partial charge in [0, 0.05) is 0 Å². The zero-order chi connectivity index (χ0) is 16.4. The summed E-state index contributed by atoms with van der Waals surface area (Å²) in [5, 5.41) is 13.5. The number of hydrogen-bond acceptors (Lipinski definition) is 6. The van der Waals surface area contributed by atoms with Crippen molar-refractivity contribution >= 4 is 35.5 Å². The van der Waals surface area contributed by atoms with Crippen LogP contribution in [-0.4, -0.2) is 59.4 Å². The highest BCUT2D eigenvalue weighted by molar-refractivity contribution is 7.98. The van der Waals surface area contributed by atoms with Crippen LogP contribution in [-0.2, 0) is 19.2 Å². The third kappa shape index (κ3) is 8.15. The van der Waals surface area contributed by atoms with Crippen LogP contribution < -0.4 is 22.1 Å². The van der Waals surface area contributed by atoms with Gasteiger partial charge in [0.05, 0.1) is 13.0 Å². The van der Waals surface area contributed by atoms with E-state index in [2.05, 4.69) is 10.6 Å². The van der Waals surface area contributed by atoms with Crippen molar-refractivity contribution < 1.29 is 24.3 Å². The normalized spacial score (nSPS) is 13.0. The molecule has 0 aromatic heterocycles. The number of thioether (sulfide) groups is 1. The first kappa shape index (κ1) is 19.2. The number of aliphatic carboxylic acids is 1. The van der Waals surface area contributed by atoms with Crippen LogP contribution in [0.1, 0.15) is 12.8 Å². The Kier molecular flexibility index (Phi) is 9.13. The van der Waals surface area contributed by atoms with Crippen molar-refractivity contribution in [1.29, 1.82) is 0 Å². The van der Waals surface area contributed by atoms with Crippen molar-refractivity contribution in [2.24, 2.45) is 11.5 Å². The van der Waals surface area contributed by atoms with Gasteiger partial charge in [-0.15, -0.1) is 0 Å². The number of amides is 3. The maximum atomic E-state index is 12.0. The third-order valence-electron chi connectivity index (χ3n) is 2.47. The predicted octanol–water partition coefficient (Wildman–Crippen LogP) is -2.37. The molecule has 0 saturated carbocycles. The Morgan fingerprint density at radius 1 is 1.19 bits per heavy atom. The highest BCUT2D eigenvalue weighted by atomic mass is 32.2. The molecule has 0 fully saturated rings. The molecule has 0 bridgehead atoms. The van der Waals surface area contributed by atoms with E-state index in [1.54, 1.807) is 6.26 Å². The molecule has 0 aromatic carbocycles. The maximum Gasteiger partial charge on any atom is 0.326 e. The standard InChI is InChI=1S/C11H20N4O5S/c1-21-3-2-6(11(19)20)15-10(18)7(4-8(13)16)14-9(17)5-12/h6-7H,2-5,12H2,1H3,(H2,13,16)(H,14,17)(H,15,18)(H,19,20)/t6-,7-/m0/s1. The molecule has 0 radical (unpaired) electrons. The number of carbonyl (C=O) groups is 4. The van der Waals surface area contributed by atoms with Gasteiger partial charge in [-0.25, -0.2) is 4.79 Å². The topological polar surface area (TPSA) is 165 Å². The Balaban J connectivity index is 4.79. The molecule has 3 amide bonds. The lowest BCUT2D eigenvalue weighted by atomic mass is 10.1. The first-order valence-electron chi connectivity index (χ1n) is 6.11. The lowest BCUT2D eigenvalue weighted by molar-refractivity contribution is -0.142. The SMILES string of the molecule is CSCC[C@H](NC(=O)[C@H](CC(N)=O)NC(=O)CN)C(=O)O. The van der Waals surface area contributed by atoms with Gasteiger partial charge in [0.1, 0.15) is 12.1 Å². The minimum atomic E-state index is -1.24. The monoisotopic (exact) mass is 320 g/mol. The van der Waals surface area contributed by atoms with Gasteiger partial charge in [-0.2, -0.15) is 11.8 Å². The van der Waals surface area contributed by atoms with E-state index in [1.165, 1.54) is 11.8 Å². The number of carboxylic acid groups (broad SMARTS) is 1. The summed E-state index contributed by atoms with van der Waals surface area (Å²) in [5.74, 6) is -2.90. The summed E-state index contributed by atoms with van der Waals surface area (Å²) in [6.45, 7) is -0.364. The van der Waals surface area contributed by atoms with E-state index in [0.717, 1.165) is 0 Å². The van der Waals surface area contributed by atoms with Gasteiger partial charge >= 0.3 is 5.97 Å². The van der Waals surface area contributed by atoms with Crippen molar-refractivity contribution in [3.63, 3.8) is 0 Å². The van der Waals surface area contributed by atoms with E-state index in [0.29, 0.717) is 5.75 Å². The summed E-state index contributed by atoms with van der Waals surface area (Å²) in [6.07, 6.45) is 1.58. The first-order valence-corrected chi connectivity index (χ1v) is 7.51. The predicted molar refractivity (Wildman–Crippen MR) is 77.4 cm³/mol. The summed E-state index contributed by atoms with van der Waals surface area (Å²) < 4.78 is 0. The largest absolute Gasteiger partial charge is 0.480 e. The van der Waals surface area contributed by atoms with Crippen molar-refractivity contribution in [2.45, 2.75) is 24.9 Å². The molecule has 0 aliphatic rings. The van der Waals surface area contributed by atoms with Crippen LogP contribution in [0.25, 0.3) is 0 Å². The number of hydrogen-bond donors (Lipinski definition) is 5. The van der Waals surface area contributed by atoms with Gasteiger partial charge in [0.15, 0.2) is 0 Å². The fourth-order valence-electron chi connectivity index (χ4n) is 1.43. The summed E-state index contributed by atoms with van der Waals surface area (Å²) in [4.78, 5) is 45.1. The summed E-state index contributed by atoms with van der Waals surface area (Å²) in [7, 11) is 0. The molecule has 0 rings (SSSR count). The van der Waals surface area contributed by atoms with Crippen LogP contribution in [0, 0.1) is 0 Å². The van der Waals surface area contributed by atoms with Crippen molar-refractivity contribution in [3.8, 4) is 0 Å². The minimum absolute atomic E-state index is 0.219. The van der Waals surface area contributed by atoms with E-state index in [9.17, 15) is 19.2 Å². The molecule has 0 saturated heterocycles. The van der Waals surface area contributed by atoms with Gasteiger partial charge < -0.3 is 27.2 Å². The number of carboxylic acids is 1. The molecule has 0 aliphatic heterocycles. The number of nitrogens with two attached hydrogens (primary N) is 2. The van der Waals surface area contributed by atoms with E-state index >= 15 is 0 Å². The zero-order valence-corrected chi connectivity index (χ0v) is 12.4. The van der Waals surface area contributed by atoms with E-state index in [4.69, 9.17) is 16.6 Å². The zero-order valence-electron chi connectivity index (χ0n) is 11.6. The molecule has 120 valence electrons. The number of carbonyl (C=O) groups excluding carboxylic acids is 3. The van der Waals surface area contributed by atoms with Crippen molar-refractivity contribution in [2.75, 3.05) is 18.6 Å². The Labute approximate surface area is 126 Å². The summed E-state index contributed by atoms with van der Waals surface area (Å²) >= 11 is 1.43. The summed E-state index contributed by atoms with van der Waals surface area (Å²) in [6, 6.07) is -2.34. The Hall–Kier alpha value is -1.81. The Morgan fingerprint density at radius 2 is 1.81 bits per heavy atom. The van der Waals surface area contributed by atoms with Crippen LogP contribution in [0.3, 0.4) is 0 Å². The molecule has 9 nitrogen and oxygen atoms in total. The third-order valence-corrected chi connectivity index (χ3v) is 3.11. The van der Waals surface area contributed by atoms with Gasteiger partial charge in [-0.05, 0) is 18.4 Å². The van der Waals surface area contributed by atoms with E-state index in [-0.39, 0.29) is 13.0 Å². The highest BCUT2D eigenvalue weighted by Crippen LogP contribution is 2.02. The number of primary amides is 1. The lowest BCUT2D eigenvalue weighted by Crippen LogP contribution is -2.53. The average Bonchev–Trinajstić information content (AvgIpc) is 2.41. The fraction of sp³-hybridized carbons (Fsp3) is 0.636. The van der Waals surface area contributed by atoms with Gasteiger partial charge in [-0.3, -0.25) is 14.4 Å². The molecule has 10 heteroatoms. The van der Waals surface area contributed by atoms with Gasteiger partial charge in [0.25, 0.3) is 0 Å². The van der Waals surface area contributed by atoms with Crippen LogP contribution in [0.4, 0.5) is 0 Å². The van der Waals surface area contributed by atoms with Crippen molar-refractivity contribution in [3.05, 3.63) is 0 Å². The molecule has 0 aliphatic carbocycles. The minimum Gasteiger partial charge on any atom is -0.480 e. The molecular weight excluding hydrogens is 300 g/mol. The number of nitrogens with one attached hydrogen (secondary N) is 2. The van der Waals surface area contributed by atoms with Crippen LogP contribution in [0.2, 0.25) is 0 Å². The van der Waals surface area contributed by atoms with E-state index in [1.807, 2.05) is 0 Å². The van der Waals surface area contributed by atoms with Crippen molar-refractivity contribution in [1.82, 2.24) is 10.6 Å². The smallest absolute Gasteiger partial charge is 0.326 e. The number of rotatable bonds is 10. The van der Waals surface area contributed by atoms with E-state index < -0.39 is 42.2 Å². The second-order valence-corrected chi connectivity index (χ2v) is 5.16. The molecule has 0 spiro atoms. The second-order valence-electron chi connectivity index (χ2n) is 4.18. The molecule has 7 N–H and O–H groups in total.